The van der Waals surface area contributed by atoms with E-state index >= 15 is 0 Å². The molecular formula is C15H22N2O2S. The summed E-state index contributed by atoms with van der Waals surface area (Å²) < 4.78 is 5.60. The van der Waals surface area contributed by atoms with Crippen molar-refractivity contribution in [1.29, 1.82) is 0 Å². The van der Waals surface area contributed by atoms with Crippen molar-refractivity contribution in [2.45, 2.75) is 27.2 Å². The zero-order chi connectivity index (χ0) is 15.0. The molecule has 0 heterocycles. The van der Waals surface area contributed by atoms with E-state index in [1.807, 2.05) is 13.0 Å². The van der Waals surface area contributed by atoms with Crippen molar-refractivity contribution in [2.75, 3.05) is 13.2 Å². The average Bonchev–Trinajstić information content (AvgIpc) is 2.43. The smallest absolute Gasteiger partial charge is 0.257 e. The van der Waals surface area contributed by atoms with Gasteiger partial charge in [-0.25, -0.2) is 0 Å². The van der Waals surface area contributed by atoms with Gasteiger partial charge in [0.05, 0.1) is 6.61 Å². The quantitative estimate of drug-likeness (QED) is 0.792. The second kappa shape index (κ2) is 8.53. The van der Waals surface area contributed by atoms with Crippen LogP contribution in [0.2, 0.25) is 0 Å². The van der Waals surface area contributed by atoms with Gasteiger partial charge in [0.1, 0.15) is 5.75 Å². The highest BCUT2D eigenvalue weighted by Crippen LogP contribution is 2.14. The van der Waals surface area contributed by atoms with Gasteiger partial charge in [0.25, 0.3) is 5.91 Å². The van der Waals surface area contributed by atoms with Crippen molar-refractivity contribution in [2.24, 2.45) is 5.92 Å². The second-order valence-corrected chi connectivity index (χ2v) is 5.35. The number of thiocarbonyl (C=S) groups is 1. The van der Waals surface area contributed by atoms with Crippen LogP contribution in [0.25, 0.3) is 0 Å². The fourth-order valence-electron chi connectivity index (χ4n) is 1.45. The first-order valence-corrected chi connectivity index (χ1v) is 7.25. The van der Waals surface area contributed by atoms with Gasteiger partial charge in [-0.3, -0.25) is 10.1 Å². The summed E-state index contributed by atoms with van der Waals surface area (Å²) in [7, 11) is 0. The highest BCUT2D eigenvalue weighted by Gasteiger charge is 2.08. The Labute approximate surface area is 125 Å². The van der Waals surface area contributed by atoms with Gasteiger partial charge in [0, 0.05) is 12.1 Å². The van der Waals surface area contributed by atoms with E-state index in [9.17, 15) is 4.79 Å². The molecule has 1 aromatic carbocycles. The Balaban J connectivity index is 2.59. The minimum absolute atomic E-state index is 0.228. The van der Waals surface area contributed by atoms with Crippen molar-refractivity contribution in [1.82, 2.24) is 10.6 Å². The molecule has 0 aliphatic heterocycles. The number of hydrogen-bond acceptors (Lipinski definition) is 3. The Hall–Kier alpha value is -1.62. The molecule has 0 saturated carbocycles. The molecular weight excluding hydrogens is 272 g/mol. The van der Waals surface area contributed by atoms with Gasteiger partial charge in [-0.05, 0) is 42.8 Å². The maximum atomic E-state index is 12.0. The Morgan fingerprint density at radius 3 is 2.80 bits per heavy atom. The van der Waals surface area contributed by atoms with Crippen LogP contribution in [-0.2, 0) is 0 Å². The van der Waals surface area contributed by atoms with Gasteiger partial charge >= 0.3 is 0 Å². The summed E-state index contributed by atoms with van der Waals surface area (Å²) in [5.41, 5.74) is 0.534. The Kier molecular flexibility index (Phi) is 7.01. The van der Waals surface area contributed by atoms with Gasteiger partial charge in [0.2, 0.25) is 0 Å². The zero-order valence-electron chi connectivity index (χ0n) is 12.2. The van der Waals surface area contributed by atoms with Gasteiger partial charge in [0.15, 0.2) is 5.11 Å². The molecule has 110 valence electrons. The number of benzene rings is 1. The van der Waals surface area contributed by atoms with Crippen molar-refractivity contribution >= 4 is 23.2 Å². The first-order valence-electron chi connectivity index (χ1n) is 6.85. The Bertz CT molecular complexity index is 461. The highest BCUT2D eigenvalue weighted by atomic mass is 32.1. The summed E-state index contributed by atoms with van der Waals surface area (Å²) in [4.78, 5) is 12.0. The first kappa shape index (κ1) is 16.4. The number of nitrogens with one attached hydrogen (secondary N) is 2. The molecule has 1 aromatic rings. The molecule has 1 rings (SSSR count). The van der Waals surface area contributed by atoms with Gasteiger partial charge < -0.3 is 10.1 Å². The number of ether oxygens (including phenoxy) is 1. The number of rotatable bonds is 6. The van der Waals surface area contributed by atoms with E-state index < -0.39 is 0 Å². The molecule has 0 bridgehead atoms. The van der Waals surface area contributed by atoms with Crippen LogP contribution in [0.3, 0.4) is 0 Å². The average molecular weight is 294 g/mol. The van der Waals surface area contributed by atoms with Crippen LogP contribution in [0.4, 0.5) is 0 Å². The third-order valence-electron chi connectivity index (χ3n) is 2.44. The minimum Gasteiger partial charge on any atom is -0.493 e. The lowest BCUT2D eigenvalue weighted by Gasteiger charge is -2.11. The third-order valence-corrected chi connectivity index (χ3v) is 2.69. The van der Waals surface area contributed by atoms with Crippen molar-refractivity contribution in [3.8, 4) is 5.75 Å². The summed E-state index contributed by atoms with van der Waals surface area (Å²) in [5.74, 6) is 0.908. The topological polar surface area (TPSA) is 50.4 Å². The van der Waals surface area contributed by atoms with Gasteiger partial charge in [-0.1, -0.05) is 26.8 Å². The molecule has 4 nitrogen and oxygen atoms in total. The lowest BCUT2D eigenvalue weighted by Crippen LogP contribution is -2.39. The van der Waals surface area contributed by atoms with E-state index in [0.29, 0.717) is 29.0 Å². The van der Waals surface area contributed by atoms with Crippen LogP contribution in [0.5, 0.6) is 5.75 Å². The Morgan fingerprint density at radius 1 is 1.40 bits per heavy atom. The van der Waals surface area contributed by atoms with Gasteiger partial charge in [-0.2, -0.15) is 0 Å². The molecule has 0 fully saturated rings. The molecule has 20 heavy (non-hydrogen) atoms. The molecule has 0 unspecified atom stereocenters. The lowest BCUT2D eigenvalue weighted by atomic mass is 10.2. The van der Waals surface area contributed by atoms with Crippen molar-refractivity contribution in [3.05, 3.63) is 29.8 Å². The van der Waals surface area contributed by atoms with E-state index in [0.717, 1.165) is 13.0 Å². The Morgan fingerprint density at radius 2 is 2.15 bits per heavy atom. The molecule has 0 aliphatic carbocycles. The zero-order valence-corrected chi connectivity index (χ0v) is 13.0. The summed E-state index contributed by atoms with van der Waals surface area (Å²) in [5, 5.41) is 5.96. The van der Waals surface area contributed by atoms with Crippen LogP contribution in [0.1, 0.15) is 37.6 Å². The standard InChI is InChI=1S/C15H22N2O2S/c1-4-8-16-15(20)17-14(18)12-6-5-7-13(9-12)19-10-11(2)3/h5-7,9,11H,4,8,10H2,1-3H3,(H2,16,17,18,20). The number of amides is 1. The fraction of sp³-hybridized carbons (Fsp3) is 0.467. The predicted octanol–water partition coefficient (Wildman–Crippen LogP) is 2.74. The van der Waals surface area contributed by atoms with Gasteiger partial charge in [-0.15, -0.1) is 0 Å². The summed E-state index contributed by atoms with van der Waals surface area (Å²) >= 11 is 5.04. The molecule has 1 amide bonds. The molecule has 0 aromatic heterocycles. The maximum Gasteiger partial charge on any atom is 0.257 e. The van der Waals surface area contributed by atoms with E-state index in [1.54, 1.807) is 18.2 Å². The minimum atomic E-state index is -0.228. The number of hydrogen-bond donors (Lipinski definition) is 2. The van der Waals surface area contributed by atoms with Crippen LogP contribution < -0.4 is 15.4 Å². The first-order chi connectivity index (χ1) is 9.52. The third kappa shape index (κ3) is 6.02. The van der Waals surface area contributed by atoms with Crippen molar-refractivity contribution in [3.63, 3.8) is 0 Å². The van der Waals surface area contributed by atoms with E-state index in [1.165, 1.54) is 0 Å². The number of carbonyl (C=O) groups excluding carboxylic acids is 1. The predicted molar refractivity (Wildman–Crippen MR) is 85.1 cm³/mol. The van der Waals surface area contributed by atoms with Crippen LogP contribution in [0, 0.1) is 5.92 Å². The molecule has 5 heteroatoms. The van der Waals surface area contributed by atoms with Crippen LogP contribution in [-0.4, -0.2) is 24.2 Å². The molecule has 0 aliphatic rings. The maximum absolute atomic E-state index is 12.0. The van der Waals surface area contributed by atoms with Crippen LogP contribution >= 0.6 is 12.2 Å². The molecule has 0 radical (unpaired) electrons. The summed E-state index contributed by atoms with van der Waals surface area (Å²) in [6, 6.07) is 7.10. The normalized spacial score (nSPS) is 10.2. The number of carbonyl (C=O) groups is 1. The lowest BCUT2D eigenvalue weighted by molar-refractivity contribution is 0.0976. The largest absolute Gasteiger partial charge is 0.493 e. The molecule has 2 N–H and O–H groups in total. The summed E-state index contributed by atoms with van der Waals surface area (Å²) in [6.45, 7) is 7.56. The van der Waals surface area contributed by atoms with E-state index in [2.05, 4.69) is 24.5 Å². The molecule has 0 atom stereocenters. The monoisotopic (exact) mass is 294 g/mol. The SMILES string of the molecule is CCCNC(=S)NC(=O)c1cccc(OCC(C)C)c1. The second-order valence-electron chi connectivity index (χ2n) is 4.94. The van der Waals surface area contributed by atoms with E-state index in [-0.39, 0.29) is 5.91 Å². The molecule has 0 saturated heterocycles. The summed E-state index contributed by atoms with van der Waals surface area (Å²) in [6.07, 6.45) is 0.953. The highest BCUT2D eigenvalue weighted by molar-refractivity contribution is 7.80. The fourth-order valence-corrected chi connectivity index (χ4v) is 1.64. The molecule has 0 spiro atoms. The van der Waals surface area contributed by atoms with Crippen molar-refractivity contribution < 1.29 is 9.53 Å². The van der Waals surface area contributed by atoms with Crippen LogP contribution in [0.15, 0.2) is 24.3 Å². The van der Waals surface area contributed by atoms with E-state index in [4.69, 9.17) is 17.0 Å².